The van der Waals surface area contributed by atoms with E-state index in [9.17, 15) is 8.42 Å². The fourth-order valence-corrected chi connectivity index (χ4v) is 2.94. The van der Waals surface area contributed by atoms with Crippen LogP contribution in [0, 0.1) is 5.92 Å². The summed E-state index contributed by atoms with van der Waals surface area (Å²) < 4.78 is 26.6. The SMILES string of the molecule is CCCNCC(C)S(=O)(=O)NC(C)C1CC1. The molecular weight excluding hydrogens is 224 g/mol. The molecule has 4 nitrogen and oxygen atoms in total. The van der Waals surface area contributed by atoms with Crippen molar-refractivity contribution in [2.45, 2.75) is 51.3 Å². The Bertz CT molecular complexity index is 299. The van der Waals surface area contributed by atoms with Gasteiger partial charge in [-0.15, -0.1) is 0 Å². The minimum atomic E-state index is -3.16. The summed E-state index contributed by atoms with van der Waals surface area (Å²) in [4.78, 5) is 0. The van der Waals surface area contributed by atoms with Gasteiger partial charge in [0, 0.05) is 12.6 Å². The molecule has 16 heavy (non-hydrogen) atoms. The second-order valence-electron chi connectivity index (χ2n) is 4.80. The summed E-state index contributed by atoms with van der Waals surface area (Å²) in [6.07, 6.45) is 3.34. The van der Waals surface area contributed by atoms with Crippen molar-refractivity contribution in [2.75, 3.05) is 13.1 Å². The highest BCUT2D eigenvalue weighted by molar-refractivity contribution is 7.90. The number of sulfonamides is 1. The van der Waals surface area contributed by atoms with E-state index in [2.05, 4.69) is 17.0 Å². The Morgan fingerprint density at radius 2 is 1.94 bits per heavy atom. The van der Waals surface area contributed by atoms with Crippen LogP contribution in [0.1, 0.15) is 40.0 Å². The van der Waals surface area contributed by atoms with Gasteiger partial charge in [0.2, 0.25) is 10.0 Å². The van der Waals surface area contributed by atoms with Gasteiger partial charge in [-0.05, 0) is 45.6 Å². The molecule has 0 aromatic heterocycles. The molecule has 0 aliphatic heterocycles. The van der Waals surface area contributed by atoms with Crippen molar-refractivity contribution in [1.82, 2.24) is 10.0 Å². The molecule has 0 heterocycles. The summed E-state index contributed by atoms with van der Waals surface area (Å²) in [6.45, 7) is 7.18. The maximum absolute atomic E-state index is 11.9. The van der Waals surface area contributed by atoms with E-state index in [-0.39, 0.29) is 11.3 Å². The monoisotopic (exact) mass is 248 g/mol. The van der Waals surface area contributed by atoms with Crippen LogP contribution in [0.15, 0.2) is 0 Å². The summed E-state index contributed by atoms with van der Waals surface area (Å²) in [6, 6.07) is 0.0959. The van der Waals surface area contributed by atoms with Crippen LogP contribution in [0.2, 0.25) is 0 Å². The summed E-state index contributed by atoms with van der Waals surface area (Å²) in [5.74, 6) is 0.561. The fraction of sp³-hybridized carbons (Fsp3) is 1.00. The first-order valence-corrected chi connectivity index (χ1v) is 7.74. The molecule has 0 bridgehead atoms. The van der Waals surface area contributed by atoms with Crippen LogP contribution < -0.4 is 10.0 Å². The summed E-state index contributed by atoms with van der Waals surface area (Å²) >= 11 is 0. The van der Waals surface area contributed by atoms with Crippen molar-refractivity contribution in [1.29, 1.82) is 0 Å². The van der Waals surface area contributed by atoms with Gasteiger partial charge >= 0.3 is 0 Å². The molecule has 1 aliphatic rings. The highest BCUT2D eigenvalue weighted by atomic mass is 32.2. The largest absolute Gasteiger partial charge is 0.315 e. The molecule has 2 atom stereocenters. The average molecular weight is 248 g/mol. The summed E-state index contributed by atoms with van der Waals surface area (Å²) in [5, 5.41) is 2.78. The maximum Gasteiger partial charge on any atom is 0.215 e. The maximum atomic E-state index is 11.9. The Kier molecular flexibility index (Phi) is 5.21. The Morgan fingerprint density at radius 1 is 1.31 bits per heavy atom. The molecule has 96 valence electrons. The van der Waals surface area contributed by atoms with Crippen molar-refractivity contribution in [3.8, 4) is 0 Å². The van der Waals surface area contributed by atoms with E-state index in [1.165, 1.54) is 0 Å². The molecule has 0 spiro atoms. The van der Waals surface area contributed by atoms with E-state index in [0.717, 1.165) is 25.8 Å². The Labute approximate surface area is 99.2 Å². The van der Waals surface area contributed by atoms with Crippen molar-refractivity contribution >= 4 is 10.0 Å². The molecule has 0 amide bonds. The van der Waals surface area contributed by atoms with Gasteiger partial charge in [-0.2, -0.15) is 0 Å². The minimum Gasteiger partial charge on any atom is -0.315 e. The molecule has 2 N–H and O–H groups in total. The van der Waals surface area contributed by atoms with Crippen molar-refractivity contribution < 1.29 is 8.42 Å². The van der Waals surface area contributed by atoms with Crippen molar-refractivity contribution in [3.05, 3.63) is 0 Å². The first kappa shape index (κ1) is 13.9. The van der Waals surface area contributed by atoms with Crippen LogP contribution in [-0.4, -0.2) is 32.8 Å². The van der Waals surface area contributed by atoms with E-state index in [1.807, 2.05) is 6.92 Å². The Hall–Kier alpha value is -0.130. The van der Waals surface area contributed by atoms with Crippen LogP contribution >= 0.6 is 0 Å². The molecule has 2 unspecified atom stereocenters. The summed E-state index contributed by atoms with van der Waals surface area (Å²) in [5.41, 5.74) is 0. The predicted molar refractivity (Wildman–Crippen MR) is 66.9 cm³/mol. The van der Waals surface area contributed by atoms with Gasteiger partial charge < -0.3 is 5.32 Å². The van der Waals surface area contributed by atoms with Crippen LogP contribution in [0.25, 0.3) is 0 Å². The number of rotatable bonds is 8. The van der Waals surface area contributed by atoms with Gasteiger partial charge in [0.1, 0.15) is 0 Å². The number of hydrogen-bond acceptors (Lipinski definition) is 3. The molecule has 0 aromatic rings. The molecular formula is C11H24N2O2S. The molecule has 1 saturated carbocycles. The lowest BCUT2D eigenvalue weighted by Crippen LogP contribution is -2.43. The van der Waals surface area contributed by atoms with Gasteiger partial charge in [-0.1, -0.05) is 6.92 Å². The van der Waals surface area contributed by atoms with Crippen molar-refractivity contribution in [3.63, 3.8) is 0 Å². The first-order valence-electron chi connectivity index (χ1n) is 6.19. The normalized spacial score (nSPS) is 20.7. The van der Waals surface area contributed by atoms with E-state index < -0.39 is 10.0 Å². The van der Waals surface area contributed by atoms with Crippen LogP contribution in [0.5, 0.6) is 0 Å². The topological polar surface area (TPSA) is 58.2 Å². The van der Waals surface area contributed by atoms with Gasteiger partial charge in [0.15, 0.2) is 0 Å². The van der Waals surface area contributed by atoms with E-state index in [4.69, 9.17) is 0 Å². The number of nitrogens with one attached hydrogen (secondary N) is 2. The second-order valence-corrected chi connectivity index (χ2v) is 6.93. The Morgan fingerprint density at radius 3 is 2.44 bits per heavy atom. The van der Waals surface area contributed by atoms with Gasteiger partial charge in [0.05, 0.1) is 5.25 Å². The van der Waals surface area contributed by atoms with Crippen molar-refractivity contribution in [2.24, 2.45) is 5.92 Å². The molecule has 5 heteroatoms. The highest BCUT2D eigenvalue weighted by Gasteiger charge is 2.32. The third-order valence-corrected chi connectivity index (χ3v) is 4.99. The standard InChI is InChI=1S/C11H24N2O2S/c1-4-7-12-8-9(2)16(14,15)13-10(3)11-5-6-11/h9-13H,4-8H2,1-3H3. The third kappa shape index (κ3) is 4.39. The van der Waals surface area contributed by atoms with E-state index >= 15 is 0 Å². The first-order chi connectivity index (χ1) is 7.47. The zero-order chi connectivity index (χ0) is 12.2. The molecule has 1 rings (SSSR count). The molecule has 0 radical (unpaired) electrons. The summed E-state index contributed by atoms with van der Waals surface area (Å²) in [7, 11) is -3.16. The zero-order valence-corrected chi connectivity index (χ0v) is 11.3. The van der Waals surface area contributed by atoms with Gasteiger partial charge in [0.25, 0.3) is 0 Å². The predicted octanol–water partition coefficient (Wildman–Crippen LogP) is 1.09. The molecule has 0 saturated heterocycles. The second kappa shape index (κ2) is 5.98. The number of hydrogen-bond donors (Lipinski definition) is 2. The average Bonchev–Trinajstić information content (AvgIpc) is 3.00. The third-order valence-electron chi connectivity index (χ3n) is 3.07. The van der Waals surface area contributed by atoms with Crippen LogP contribution in [0.4, 0.5) is 0 Å². The molecule has 0 aromatic carbocycles. The lowest BCUT2D eigenvalue weighted by molar-refractivity contribution is 0.522. The lowest BCUT2D eigenvalue weighted by atomic mass is 10.2. The van der Waals surface area contributed by atoms with E-state index in [0.29, 0.717) is 12.5 Å². The lowest BCUT2D eigenvalue weighted by Gasteiger charge is -2.18. The van der Waals surface area contributed by atoms with Crippen LogP contribution in [0.3, 0.4) is 0 Å². The molecule has 1 fully saturated rings. The fourth-order valence-electron chi connectivity index (χ4n) is 1.66. The molecule has 1 aliphatic carbocycles. The smallest absolute Gasteiger partial charge is 0.215 e. The highest BCUT2D eigenvalue weighted by Crippen LogP contribution is 2.32. The Balaban J connectivity index is 2.35. The van der Waals surface area contributed by atoms with Crippen LogP contribution in [-0.2, 0) is 10.0 Å². The van der Waals surface area contributed by atoms with Gasteiger partial charge in [-0.3, -0.25) is 0 Å². The minimum absolute atomic E-state index is 0.0959. The zero-order valence-electron chi connectivity index (χ0n) is 10.5. The van der Waals surface area contributed by atoms with Gasteiger partial charge in [-0.25, -0.2) is 13.1 Å². The quantitative estimate of drug-likeness (QED) is 0.632. The van der Waals surface area contributed by atoms with E-state index in [1.54, 1.807) is 6.92 Å².